The lowest BCUT2D eigenvalue weighted by atomic mass is 9.92. The van der Waals surface area contributed by atoms with Gasteiger partial charge >= 0.3 is 0 Å². The molecule has 0 fully saturated rings. The number of nitrogens with zero attached hydrogens (tertiary/aromatic N) is 1. The normalized spacial score (nSPS) is 17.3. The van der Waals surface area contributed by atoms with Crippen LogP contribution in [0.3, 0.4) is 0 Å². The van der Waals surface area contributed by atoms with Crippen molar-refractivity contribution in [3.05, 3.63) is 113 Å². The van der Waals surface area contributed by atoms with E-state index in [1.54, 1.807) is 48.5 Å². The smallest absolute Gasteiger partial charge is 0.210 e. The second-order valence-corrected chi connectivity index (χ2v) is 7.63. The monoisotopic (exact) mass is 422 g/mol. The third-order valence-corrected chi connectivity index (χ3v) is 5.65. The average molecular weight is 422 g/mol. The van der Waals surface area contributed by atoms with Crippen molar-refractivity contribution in [3.63, 3.8) is 0 Å². The molecule has 0 saturated heterocycles. The molecule has 0 unspecified atom stereocenters. The van der Waals surface area contributed by atoms with Crippen molar-refractivity contribution in [2.75, 3.05) is 6.54 Å². The number of hydrogen-bond acceptors (Lipinski definition) is 1. The summed E-state index contributed by atoms with van der Waals surface area (Å²) in [5.74, 6) is -1.27. The second kappa shape index (κ2) is 9.31. The highest BCUT2D eigenvalue weighted by Crippen LogP contribution is 2.35. The number of aliphatic hydroxyl groups excluding tert-OH is 1. The molecule has 1 aliphatic rings. The Bertz CT molecular complexity index is 1140. The zero-order valence-electron chi connectivity index (χ0n) is 16.9. The van der Waals surface area contributed by atoms with Gasteiger partial charge in [0.1, 0.15) is 36.3 Å². The van der Waals surface area contributed by atoms with Crippen LogP contribution >= 0.6 is 0 Å². The van der Waals surface area contributed by atoms with Gasteiger partial charge in [-0.2, -0.15) is 0 Å². The first-order valence-corrected chi connectivity index (χ1v) is 10.2. The Balaban J connectivity index is 1.68. The number of aliphatic hydroxyl groups is 1. The first-order valence-electron chi connectivity index (χ1n) is 10.2. The Hall–Kier alpha value is -3.18. The Labute approximate surface area is 179 Å². The van der Waals surface area contributed by atoms with Crippen molar-refractivity contribution in [2.45, 2.75) is 25.0 Å². The number of rotatable bonds is 5. The van der Waals surface area contributed by atoms with Crippen LogP contribution in [0.5, 0.6) is 0 Å². The molecule has 0 radical (unpaired) electrons. The molecule has 0 saturated carbocycles. The zero-order chi connectivity index (χ0) is 21.8. The first kappa shape index (κ1) is 21.1. The molecule has 5 heteroatoms. The third-order valence-electron chi connectivity index (χ3n) is 5.65. The van der Waals surface area contributed by atoms with Crippen molar-refractivity contribution < 1.29 is 22.9 Å². The molecule has 0 spiro atoms. The number of benzene rings is 3. The fourth-order valence-corrected chi connectivity index (χ4v) is 4.03. The predicted octanol–water partition coefficient (Wildman–Crippen LogP) is 5.84. The lowest BCUT2D eigenvalue weighted by Gasteiger charge is -2.25. The van der Waals surface area contributed by atoms with Gasteiger partial charge in [-0.1, -0.05) is 60.2 Å². The van der Waals surface area contributed by atoms with E-state index in [4.69, 9.17) is 0 Å². The van der Waals surface area contributed by atoms with Gasteiger partial charge in [0.2, 0.25) is 6.04 Å². The van der Waals surface area contributed by atoms with Crippen LogP contribution < -0.4 is 0 Å². The average Bonchev–Trinajstić information content (AvgIpc) is 2.78. The Morgan fingerprint density at radius 2 is 1.35 bits per heavy atom. The molecule has 0 aliphatic carbocycles. The van der Waals surface area contributed by atoms with Gasteiger partial charge in [-0.25, -0.2) is 17.7 Å². The highest BCUT2D eigenvalue weighted by Gasteiger charge is 2.36. The van der Waals surface area contributed by atoms with E-state index in [0.717, 1.165) is 5.57 Å². The molecule has 0 bridgehead atoms. The minimum atomic E-state index is -1.26. The van der Waals surface area contributed by atoms with Crippen molar-refractivity contribution in [1.82, 2.24) is 0 Å². The van der Waals surface area contributed by atoms with Crippen LogP contribution in [-0.2, 0) is 0 Å². The SMILES string of the molecule is O[C@H](c1ccccc1F)[C@@H](c1ccccc1F)[N+]1=CC/C(=C/c2ccccc2F)CC1. The van der Waals surface area contributed by atoms with Crippen LogP contribution in [0, 0.1) is 17.5 Å². The maximum atomic E-state index is 14.7. The molecule has 3 aromatic rings. The Kier molecular flexibility index (Phi) is 6.33. The van der Waals surface area contributed by atoms with E-state index < -0.39 is 23.8 Å². The van der Waals surface area contributed by atoms with E-state index in [1.165, 1.54) is 24.3 Å². The minimum Gasteiger partial charge on any atom is -0.381 e. The first-order chi connectivity index (χ1) is 15.0. The zero-order valence-corrected chi connectivity index (χ0v) is 16.9. The molecule has 0 aromatic heterocycles. The van der Waals surface area contributed by atoms with E-state index in [0.29, 0.717) is 30.5 Å². The summed E-state index contributed by atoms with van der Waals surface area (Å²) in [4.78, 5) is 0. The summed E-state index contributed by atoms with van der Waals surface area (Å²) in [5.41, 5.74) is 1.98. The molecule has 4 rings (SSSR count). The summed E-state index contributed by atoms with van der Waals surface area (Å²) in [6.45, 7) is 0.491. The molecule has 31 heavy (non-hydrogen) atoms. The van der Waals surface area contributed by atoms with Crippen LogP contribution in [0.2, 0.25) is 0 Å². The molecule has 1 aliphatic heterocycles. The molecule has 1 heterocycles. The largest absolute Gasteiger partial charge is 0.381 e. The van der Waals surface area contributed by atoms with Crippen molar-refractivity contribution >= 4 is 12.3 Å². The van der Waals surface area contributed by atoms with Gasteiger partial charge in [0.25, 0.3) is 0 Å². The van der Waals surface area contributed by atoms with E-state index in [2.05, 4.69) is 0 Å². The van der Waals surface area contributed by atoms with Crippen LogP contribution in [0.1, 0.15) is 41.7 Å². The topological polar surface area (TPSA) is 23.2 Å². The van der Waals surface area contributed by atoms with Gasteiger partial charge in [0.05, 0.1) is 5.56 Å². The van der Waals surface area contributed by atoms with E-state index in [1.807, 2.05) is 16.9 Å². The number of halogens is 3. The van der Waals surface area contributed by atoms with Crippen LogP contribution in [0.15, 0.2) is 78.4 Å². The summed E-state index contributed by atoms with van der Waals surface area (Å²) < 4.78 is 44.9. The molecule has 2 nitrogen and oxygen atoms in total. The molecular weight excluding hydrogens is 399 g/mol. The minimum absolute atomic E-state index is 0.122. The summed E-state index contributed by atoms with van der Waals surface area (Å²) in [7, 11) is 0. The van der Waals surface area contributed by atoms with Gasteiger partial charge in [0.15, 0.2) is 0 Å². The summed E-state index contributed by atoms with van der Waals surface area (Å²) in [6, 6.07) is 18.0. The van der Waals surface area contributed by atoms with Crippen LogP contribution in [0.25, 0.3) is 6.08 Å². The Morgan fingerprint density at radius 1 is 0.774 bits per heavy atom. The quantitative estimate of drug-likeness (QED) is 0.513. The van der Waals surface area contributed by atoms with Gasteiger partial charge in [0, 0.05) is 24.0 Å². The maximum absolute atomic E-state index is 14.7. The van der Waals surface area contributed by atoms with Crippen LogP contribution in [-0.4, -0.2) is 22.4 Å². The van der Waals surface area contributed by atoms with Gasteiger partial charge in [-0.3, -0.25) is 0 Å². The lowest BCUT2D eigenvalue weighted by molar-refractivity contribution is -0.583. The molecule has 2 atom stereocenters. The van der Waals surface area contributed by atoms with E-state index in [9.17, 15) is 18.3 Å². The van der Waals surface area contributed by atoms with Crippen molar-refractivity contribution in [2.24, 2.45) is 0 Å². The molecule has 158 valence electrons. The highest BCUT2D eigenvalue weighted by atomic mass is 19.1. The van der Waals surface area contributed by atoms with Gasteiger partial charge in [-0.15, -0.1) is 0 Å². The van der Waals surface area contributed by atoms with Crippen molar-refractivity contribution in [1.29, 1.82) is 0 Å². The molecular formula is C26H23F3NO+. The molecule has 1 N–H and O–H groups in total. The van der Waals surface area contributed by atoms with Crippen molar-refractivity contribution in [3.8, 4) is 0 Å². The summed E-state index contributed by atoms with van der Waals surface area (Å²) in [6.07, 6.45) is 3.60. The standard InChI is InChI=1S/C26H23F3NO/c27-22-10-4-1-7-19(22)17-18-13-15-30(16-14-18)25(20-8-2-5-11-23(20)28)26(31)21-9-3-6-12-24(21)29/h1-12,15,17,25-26,31H,13-14,16H2/q+1/b18-17-/t25-,26-/m1/s1. The highest BCUT2D eigenvalue weighted by molar-refractivity contribution is 5.64. The fourth-order valence-electron chi connectivity index (χ4n) is 4.03. The third kappa shape index (κ3) is 4.62. The molecule has 0 amide bonds. The second-order valence-electron chi connectivity index (χ2n) is 7.63. The summed E-state index contributed by atoms with van der Waals surface area (Å²) in [5, 5.41) is 11.1. The van der Waals surface area contributed by atoms with E-state index in [-0.39, 0.29) is 11.4 Å². The predicted molar refractivity (Wildman–Crippen MR) is 115 cm³/mol. The van der Waals surface area contributed by atoms with E-state index >= 15 is 0 Å². The van der Waals surface area contributed by atoms with Gasteiger partial charge in [-0.05, 0) is 24.3 Å². The maximum Gasteiger partial charge on any atom is 0.210 e. The summed E-state index contributed by atoms with van der Waals surface area (Å²) >= 11 is 0. The van der Waals surface area contributed by atoms with Gasteiger partial charge < -0.3 is 5.11 Å². The fraction of sp³-hybridized carbons (Fsp3) is 0.192. The molecule has 3 aromatic carbocycles. The lowest BCUT2D eigenvalue weighted by Crippen LogP contribution is -2.30. The Morgan fingerprint density at radius 3 is 1.94 bits per heavy atom. The number of hydrogen-bond donors (Lipinski definition) is 1. The van der Waals surface area contributed by atoms with Crippen LogP contribution in [0.4, 0.5) is 13.2 Å².